The van der Waals surface area contributed by atoms with Crippen LogP contribution in [0.4, 0.5) is 0 Å². The molecular weight excluding hydrogens is 258 g/mol. The van der Waals surface area contributed by atoms with Crippen LogP contribution in [0.1, 0.15) is 5.56 Å². The maximum atomic E-state index is 10.9. The number of ether oxygens (including phenoxy) is 2. The highest BCUT2D eigenvalue weighted by molar-refractivity contribution is 5.85. The van der Waals surface area contributed by atoms with Crippen molar-refractivity contribution in [2.45, 2.75) is 6.42 Å². The predicted octanol–water partition coefficient (Wildman–Crippen LogP) is 1.33. The van der Waals surface area contributed by atoms with E-state index in [-0.39, 0.29) is 19.0 Å². The molecule has 0 aliphatic rings. The summed E-state index contributed by atoms with van der Waals surface area (Å²) in [7, 11) is 3.10. The minimum Gasteiger partial charge on any atom is -0.497 e. The van der Waals surface area contributed by atoms with E-state index in [0.29, 0.717) is 17.9 Å². The fraction of sp³-hybridized carbons (Fsp3) is 0.417. The molecule has 0 saturated heterocycles. The van der Waals surface area contributed by atoms with Gasteiger partial charge in [-0.05, 0) is 18.1 Å². The molecule has 0 radical (unpaired) electrons. The second kappa shape index (κ2) is 7.79. The lowest BCUT2D eigenvalue weighted by Crippen LogP contribution is -2.25. The van der Waals surface area contributed by atoms with Crippen LogP contribution in [0.25, 0.3) is 0 Å². The number of hydrogen-bond acceptors (Lipinski definition) is 4. The lowest BCUT2D eigenvalue weighted by molar-refractivity contribution is -0.141. The number of carboxylic acid groups (broad SMARTS) is 1. The molecule has 0 aliphatic carbocycles. The van der Waals surface area contributed by atoms with Gasteiger partial charge in [0.25, 0.3) is 0 Å². The third-order valence-electron chi connectivity index (χ3n) is 2.59. The van der Waals surface area contributed by atoms with Crippen LogP contribution in [0.5, 0.6) is 11.5 Å². The number of nitrogens with two attached hydrogens (primary N) is 1. The highest BCUT2D eigenvalue weighted by Crippen LogP contribution is 2.26. The number of halogens is 1. The third kappa shape index (κ3) is 4.09. The largest absolute Gasteiger partial charge is 0.497 e. The summed E-state index contributed by atoms with van der Waals surface area (Å²) in [4.78, 5) is 10.9. The van der Waals surface area contributed by atoms with E-state index < -0.39 is 11.9 Å². The molecule has 1 atom stereocenters. The maximum Gasteiger partial charge on any atom is 0.308 e. The molecule has 6 heteroatoms. The van der Waals surface area contributed by atoms with E-state index in [0.717, 1.165) is 5.56 Å². The Morgan fingerprint density at radius 3 is 2.50 bits per heavy atom. The number of carboxylic acids is 1. The number of carbonyl (C=O) groups is 1. The minimum atomic E-state index is -0.898. The predicted molar refractivity (Wildman–Crippen MR) is 70.7 cm³/mol. The Morgan fingerprint density at radius 2 is 2.06 bits per heavy atom. The number of methoxy groups -OCH3 is 2. The quantitative estimate of drug-likeness (QED) is 0.818. The number of benzene rings is 1. The monoisotopic (exact) mass is 275 g/mol. The average Bonchev–Trinajstić information content (AvgIpc) is 2.35. The van der Waals surface area contributed by atoms with Crippen molar-refractivity contribution >= 4 is 18.4 Å². The van der Waals surface area contributed by atoms with Crippen LogP contribution in [-0.2, 0) is 11.2 Å². The second-order valence-electron chi connectivity index (χ2n) is 3.65. The van der Waals surface area contributed by atoms with Crippen molar-refractivity contribution in [3.05, 3.63) is 23.8 Å². The van der Waals surface area contributed by atoms with Gasteiger partial charge in [-0.1, -0.05) is 6.07 Å². The van der Waals surface area contributed by atoms with E-state index in [4.69, 9.17) is 20.3 Å². The molecule has 0 aromatic heterocycles. The van der Waals surface area contributed by atoms with E-state index in [2.05, 4.69) is 0 Å². The Bertz CT molecular complexity index is 398. The van der Waals surface area contributed by atoms with E-state index in [1.54, 1.807) is 25.3 Å². The Labute approximate surface area is 112 Å². The first kappa shape index (κ1) is 16.5. The summed E-state index contributed by atoms with van der Waals surface area (Å²) in [6.07, 6.45) is 0.346. The summed E-state index contributed by atoms with van der Waals surface area (Å²) < 4.78 is 10.3. The van der Waals surface area contributed by atoms with Gasteiger partial charge in [0.05, 0.1) is 20.1 Å². The zero-order chi connectivity index (χ0) is 12.8. The lowest BCUT2D eigenvalue weighted by atomic mass is 9.99. The highest BCUT2D eigenvalue weighted by Gasteiger charge is 2.18. The molecule has 0 bridgehead atoms. The van der Waals surface area contributed by atoms with Gasteiger partial charge in [-0.25, -0.2) is 0 Å². The average molecular weight is 276 g/mol. The van der Waals surface area contributed by atoms with Gasteiger partial charge >= 0.3 is 5.97 Å². The van der Waals surface area contributed by atoms with Crippen molar-refractivity contribution in [2.75, 3.05) is 20.8 Å². The molecule has 1 aromatic rings. The van der Waals surface area contributed by atoms with Gasteiger partial charge in [0, 0.05) is 12.6 Å². The molecule has 1 rings (SSSR count). The Hall–Kier alpha value is -1.46. The van der Waals surface area contributed by atoms with Crippen molar-refractivity contribution in [2.24, 2.45) is 11.7 Å². The molecule has 0 unspecified atom stereocenters. The molecule has 0 heterocycles. The molecule has 0 amide bonds. The molecule has 0 aliphatic heterocycles. The highest BCUT2D eigenvalue weighted by atomic mass is 35.5. The van der Waals surface area contributed by atoms with E-state index in [1.165, 1.54) is 7.11 Å². The Kier molecular flexibility index (Phi) is 7.16. The zero-order valence-electron chi connectivity index (χ0n) is 10.4. The summed E-state index contributed by atoms with van der Waals surface area (Å²) in [5, 5.41) is 8.95. The summed E-state index contributed by atoms with van der Waals surface area (Å²) in [5.41, 5.74) is 6.23. The number of hydrogen-bond donors (Lipinski definition) is 2. The first-order valence-electron chi connectivity index (χ1n) is 5.26. The molecular formula is C12H18ClNO4. The summed E-state index contributed by atoms with van der Waals surface area (Å²) in [6, 6.07) is 5.29. The third-order valence-corrected chi connectivity index (χ3v) is 2.59. The molecule has 0 spiro atoms. The smallest absolute Gasteiger partial charge is 0.308 e. The molecule has 0 saturated carbocycles. The van der Waals surface area contributed by atoms with Crippen LogP contribution in [-0.4, -0.2) is 31.8 Å². The fourth-order valence-corrected chi connectivity index (χ4v) is 1.56. The molecule has 0 fully saturated rings. The van der Waals surface area contributed by atoms with E-state index in [1.807, 2.05) is 0 Å². The van der Waals surface area contributed by atoms with Gasteiger partial charge in [-0.15, -0.1) is 12.4 Å². The van der Waals surface area contributed by atoms with Crippen molar-refractivity contribution in [1.82, 2.24) is 0 Å². The fourth-order valence-electron chi connectivity index (χ4n) is 1.56. The van der Waals surface area contributed by atoms with Crippen LogP contribution >= 0.6 is 12.4 Å². The first-order valence-corrected chi connectivity index (χ1v) is 5.26. The SMILES string of the molecule is COc1ccc(C[C@H](CN)C(=O)O)c(OC)c1.Cl. The maximum absolute atomic E-state index is 10.9. The Morgan fingerprint density at radius 1 is 1.39 bits per heavy atom. The summed E-state index contributed by atoms with van der Waals surface area (Å²) >= 11 is 0. The van der Waals surface area contributed by atoms with Crippen molar-refractivity contribution in [3.63, 3.8) is 0 Å². The van der Waals surface area contributed by atoms with Gasteiger partial charge in [-0.3, -0.25) is 4.79 Å². The molecule has 5 nitrogen and oxygen atoms in total. The number of aliphatic carboxylic acids is 1. The van der Waals surface area contributed by atoms with Gasteiger partial charge in [-0.2, -0.15) is 0 Å². The van der Waals surface area contributed by atoms with E-state index >= 15 is 0 Å². The standard InChI is InChI=1S/C12H17NO4.ClH/c1-16-10-4-3-8(11(6-10)17-2)5-9(7-13)12(14)15;/h3-4,6,9H,5,7,13H2,1-2H3,(H,14,15);1H/t9-;/m1./s1. The van der Waals surface area contributed by atoms with Crippen molar-refractivity contribution < 1.29 is 19.4 Å². The first-order chi connectivity index (χ1) is 8.12. The van der Waals surface area contributed by atoms with Crippen LogP contribution < -0.4 is 15.2 Å². The van der Waals surface area contributed by atoms with Crippen LogP contribution in [0, 0.1) is 5.92 Å². The zero-order valence-corrected chi connectivity index (χ0v) is 11.2. The Balaban J connectivity index is 0.00000289. The van der Waals surface area contributed by atoms with Crippen LogP contribution in [0.2, 0.25) is 0 Å². The normalized spacial score (nSPS) is 11.3. The molecule has 102 valence electrons. The van der Waals surface area contributed by atoms with Gasteiger partial charge < -0.3 is 20.3 Å². The van der Waals surface area contributed by atoms with Crippen LogP contribution in [0.15, 0.2) is 18.2 Å². The molecule has 1 aromatic carbocycles. The molecule has 3 N–H and O–H groups in total. The van der Waals surface area contributed by atoms with E-state index in [9.17, 15) is 4.79 Å². The second-order valence-corrected chi connectivity index (χ2v) is 3.65. The molecule has 18 heavy (non-hydrogen) atoms. The number of rotatable bonds is 6. The van der Waals surface area contributed by atoms with Gasteiger partial charge in [0.15, 0.2) is 0 Å². The van der Waals surface area contributed by atoms with Crippen LogP contribution in [0.3, 0.4) is 0 Å². The topological polar surface area (TPSA) is 81.8 Å². The lowest BCUT2D eigenvalue weighted by Gasteiger charge is -2.13. The van der Waals surface area contributed by atoms with Gasteiger partial charge in [0.1, 0.15) is 11.5 Å². The van der Waals surface area contributed by atoms with Crippen molar-refractivity contribution in [3.8, 4) is 11.5 Å². The summed E-state index contributed by atoms with van der Waals surface area (Å²) in [6.45, 7) is 0.102. The summed E-state index contributed by atoms with van der Waals surface area (Å²) in [5.74, 6) is -0.211. The van der Waals surface area contributed by atoms with Gasteiger partial charge in [0.2, 0.25) is 0 Å². The minimum absolute atomic E-state index is 0. The van der Waals surface area contributed by atoms with Crippen molar-refractivity contribution in [1.29, 1.82) is 0 Å².